The summed E-state index contributed by atoms with van der Waals surface area (Å²) >= 11 is 0. The van der Waals surface area contributed by atoms with Crippen LogP contribution in [0.5, 0.6) is 0 Å². The normalized spacial score (nSPS) is 13.0. The van der Waals surface area contributed by atoms with Crippen molar-refractivity contribution in [2.75, 3.05) is 0 Å². The van der Waals surface area contributed by atoms with Crippen molar-refractivity contribution < 1.29 is 4.42 Å². The van der Waals surface area contributed by atoms with Crippen LogP contribution in [-0.2, 0) is 5.41 Å². The first-order valence-electron chi connectivity index (χ1n) is 19.9. The molecule has 2 heteroatoms. The number of rotatable bonds is 5. The van der Waals surface area contributed by atoms with E-state index in [0.717, 1.165) is 38.4 Å². The highest BCUT2D eigenvalue weighted by molar-refractivity contribution is 6.18. The summed E-state index contributed by atoms with van der Waals surface area (Å²) in [5.74, 6) is 0.637. The van der Waals surface area contributed by atoms with Crippen LogP contribution in [0.25, 0.3) is 88.3 Å². The van der Waals surface area contributed by atoms with E-state index < -0.39 is 5.41 Å². The molecule has 0 unspecified atom stereocenters. The first-order chi connectivity index (χ1) is 28.7. The van der Waals surface area contributed by atoms with Gasteiger partial charge in [-0.15, -0.1) is 0 Å². The molecule has 0 radical (unpaired) electrons. The Morgan fingerprint density at radius 1 is 0.379 bits per heavy atom. The van der Waals surface area contributed by atoms with Gasteiger partial charge in [0, 0.05) is 10.9 Å². The maximum absolute atomic E-state index is 6.55. The summed E-state index contributed by atoms with van der Waals surface area (Å²) in [5, 5.41) is 7.08. The minimum absolute atomic E-state index is 0.506. The van der Waals surface area contributed by atoms with Gasteiger partial charge in [0.15, 0.2) is 5.58 Å². The van der Waals surface area contributed by atoms with Crippen molar-refractivity contribution in [2.45, 2.75) is 5.41 Å². The number of hydrogen-bond donors (Lipinski definition) is 0. The predicted molar refractivity (Wildman–Crippen MR) is 240 cm³/mol. The summed E-state index contributed by atoms with van der Waals surface area (Å²) in [5.41, 5.74) is 14.6. The summed E-state index contributed by atoms with van der Waals surface area (Å²) in [6.07, 6.45) is 0. The number of fused-ring (bicyclic) bond motifs is 10. The van der Waals surface area contributed by atoms with Gasteiger partial charge in [-0.3, -0.25) is 0 Å². The third-order valence-corrected chi connectivity index (χ3v) is 12.3. The molecular weight excluding hydrogens is 703 g/mol. The first kappa shape index (κ1) is 32.7. The van der Waals surface area contributed by atoms with Crippen LogP contribution in [0.3, 0.4) is 0 Å². The van der Waals surface area contributed by atoms with E-state index >= 15 is 0 Å². The Morgan fingerprint density at radius 3 is 1.71 bits per heavy atom. The zero-order valence-electron chi connectivity index (χ0n) is 31.6. The van der Waals surface area contributed by atoms with Gasteiger partial charge in [-0.2, -0.15) is 0 Å². The fourth-order valence-electron chi connectivity index (χ4n) is 9.73. The molecule has 0 saturated carbocycles. The SMILES string of the molecule is c1ccc(-c2nc3ccc4ccc5ccc(-c6cccc(-c7ccc8c(c7)C(c7ccccc7)(c7ccccc7)c7c-8ccc8ccccc78)c6)cc5c4c3o2)cc1. The molecule has 0 bridgehead atoms. The highest BCUT2D eigenvalue weighted by atomic mass is 16.3. The maximum Gasteiger partial charge on any atom is 0.227 e. The fourth-order valence-corrected chi connectivity index (χ4v) is 9.73. The second kappa shape index (κ2) is 12.7. The molecule has 0 amide bonds. The van der Waals surface area contributed by atoms with Crippen LogP contribution >= 0.6 is 0 Å². The summed E-state index contributed by atoms with van der Waals surface area (Å²) in [6.45, 7) is 0. The van der Waals surface area contributed by atoms with Crippen LogP contribution in [0.2, 0.25) is 0 Å². The van der Waals surface area contributed by atoms with E-state index in [4.69, 9.17) is 9.40 Å². The van der Waals surface area contributed by atoms with Gasteiger partial charge in [0.05, 0.1) is 5.41 Å². The van der Waals surface area contributed by atoms with Gasteiger partial charge in [-0.05, 0) is 119 Å². The fraction of sp³-hybridized carbons (Fsp3) is 0.0179. The molecule has 10 aromatic carbocycles. The van der Waals surface area contributed by atoms with Gasteiger partial charge in [0.2, 0.25) is 5.89 Å². The van der Waals surface area contributed by atoms with Gasteiger partial charge in [-0.1, -0.05) is 176 Å². The molecule has 1 heterocycles. The van der Waals surface area contributed by atoms with Crippen molar-refractivity contribution in [3.8, 4) is 44.8 Å². The Morgan fingerprint density at radius 2 is 0.931 bits per heavy atom. The van der Waals surface area contributed by atoms with E-state index in [1.54, 1.807) is 0 Å². The van der Waals surface area contributed by atoms with E-state index in [1.807, 2.05) is 30.3 Å². The van der Waals surface area contributed by atoms with Crippen molar-refractivity contribution in [3.63, 3.8) is 0 Å². The van der Waals surface area contributed by atoms with Crippen molar-refractivity contribution in [3.05, 3.63) is 235 Å². The number of benzene rings is 10. The standard InChI is InChI=1S/C56H35NO/c1-4-14-39(15-5-1)55-57-51-32-29-38-25-23-37-24-26-42(34-49(37)52(38)54(51)58-55)40-16-12-17-41(33-40)43-28-30-47-48-31-27-36-13-10-11-22-46(36)53(48)56(50(47)35-43,44-18-6-2-7-19-44)45-20-8-3-9-21-45/h1-35H. The molecule has 0 aliphatic heterocycles. The molecule has 0 saturated heterocycles. The van der Waals surface area contributed by atoms with Gasteiger partial charge < -0.3 is 4.42 Å². The Balaban J connectivity index is 1.04. The summed E-state index contributed by atoms with van der Waals surface area (Å²) < 4.78 is 6.55. The third-order valence-electron chi connectivity index (χ3n) is 12.3. The van der Waals surface area contributed by atoms with Crippen molar-refractivity contribution in [1.82, 2.24) is 4.98 Å². The van der Waals surface area contributed by atoms with Crippen LogP contribution in [0, 0.1) is 0 Å². The van der Waals surface area contributed by atoms with Gasteiger partial charge in [-0.25, -0.2) is 4.98 Å². The smallest absolute Gasteiger partial charge is 0.227 e. The van der Waals surface area contributed by atoms with Crippen LogP contribution in [-0.4, -0.2) is 4.98 Å². The Labute approximate surface area is 336 Å². The molecule has 0 N–H and O–H groups in total. The predicted octanol–water partition coefficient (Wildman–Crippen LogP) is 14.7. The second-order valence-electron chi connectivity index (χ2n) is 15.4. The zero-order chi connectivity index (χ0) is 38.2. The highest BCUT2D eigenvalue weighted by Crippen LogP contribution is 2.58. The minimum Gasteiger partial charge on any atom is -0.435 e. The third kappa shape index (κ3) is 4.82. The molecule has 0 spiro atoms. The first-order valence-corrected chi connectivity index (χ1v) is 19.9. The zero-order valence-corrected chi connectivity index (χ0v) is 31.6. The molecule has 1 aliphatic rings. The summed E-state index contributed by atoms with van der Waals surface area (Å²) in [4.78, 5) is 4.90. The lowest BCUT2D eigenvalue weighted by molar-refractivity contribution is 0.623. The minimum atomic E-state index is -0.506. The molecule has 270 valence electrons. The molecule has 1 aromatic heterocycles. The monoisotopic (exact) mass is 737 g/mol. The number of nitrogens with zero attached hydrogens (tertiary/aromatic N) is 1. The number of hydrogen-bond acceptors (Lipinski definition) is 2. The van der Waals surface area contributed by atoms with Crippen molar-refractivity contribution in [1.29, 1.82) is 0 Å². The van der Waals surface area contributed by atoms with Gasteiger partial charge in [0.25, 0.3) is 0 Å². The van der Waals surface area contributed by atoms with E-state index in [0.29, 0.717) is 5.89 Å². The lowest BCUT2D eigenvalue weighted by Gasteiger charge is -2.35. The average molecular weight is 738 g/mol. The Hall–Kier alpha value is -7.55. The Kier molecular flexibility index (Phi) is 7.18. The van der Waals surface area contributed by atoms with Crippen LogP contribution < -0.4 is 0 Å². The molecule has 1 aliphatic carbocycles. The lowest BCUT2D eigenvalue weighted by atomic mass is 9.66. The maximum atomic E-state index is 6.55. The average Bonchev–Trinajstić information content (AvgIpc) is 3.88. The van der Waals surface area contributed by atoms with E-state index in [1.165, 1.54) is 66.2 Å². The van der Waals surface area contributed by atoms with E-state index in [2.05, 4.69) is 182 Å². The largest absolute Gasteiger partial charge is 0.435 e. The summed E-state index contributed by atoms with van der Waals surface area (Å²) in [7, 11) is 0. The summed E-state index contributed by atoms with van der Waals surface area (Å²) in [6, 6.07) is 77.3. The molecule has 58 heavy (non-hydrogen) atoms. The quantitative estimate of drug-likeness (QED) is 0.164. The van der Waals surface area contributed by atoms with Crippen molar-refractivity contribution in [2.24, 2.45) is 0 Å². The molecule has 11 aromatic rings. The topological polar surface area (TPSA) is 26.0 Å². The van der Waals surface area contributed by atoms with Crippen molar-refractivity contribution >= 4 is 43.4 Å². The van der Waals surface area contributed by atoms with Gasteiger partial charge >= 0.3 is 0 Å². The second-order valence-corrected chi connectivity index (χ2v) is 15.4. The molecule has 0 fully saturated rings. The molecular formula is C56H35NO. The molecule has 12 rings (SSSR count). The lowest BCUT2D eigenvalue weighted by Crippen LogP contribution is -2.28. The van der Waals surface area contributed by atoms with Gasteiger partial charge in [0.1, 0.15) is 5.52 Å². The van der Waals surface area contributed by atoms with Crippen LogP contribution in [0.4, 0.5) is 0 Å². The Bertz CT molecular complexity index is 3340. The molecule has 0 atom stereocenters. The van der Waals surface area contributed by atoms with Crippen LogP contribution in [0.15, 0.2) is 217 Å². The molecule has 2 nitrogen and oxygen atoms in total. The number of aromatic nitrogens is 1. The highest BCUT2D eigenvalue weighted by Gasteiger charge is 2.47. The number of oxazole rings is 1. The van der Waals surface area contributed by atoms with Crippen LogP contribution in [0.1, 0.15) is 22.3 Å². The van der Waals surface area contributed by atoms with E-state index in [9.17, 15) is 0 Å². The van der Waals surface area contributed by atoms with E-state index in [-0.39, 0.29) is 0 Å².